The Morgan fingerprint density at radius 3 is 2.83 bits per heavy atom. The van der Waals surface area contributed by atoms with Gasteiger partial charge >= 0.3 is 0 Å². The van der Waals surface area contributed by atoms with E-state index in [1.54, 1.807) is 23.0 Å². The predicted octanol–water partition coefficient (Wildman–Crippen LogP) is 1.01. The number of nitrogens with zero attached hydrogens (tertiary/aromatic N) is 4. The lowest BCUT2D eigenvalue weighted by atomic mass is 10.3. The lowest BCUT2D eigenvalue weighted by molar-refractivity contribution is 0.576. The van der Waals surface area contributed by atoms with E-state index in [0.29, 0.717) is 25.3 Å². The van der Waals surface area contributed by atoms with Gasteiger partial charge in [-0.05, 0) is 12.1 Å². The van der Waals surface area contributed by atoms with Gasteiger partial charge in [-0.15, -0.1) is 5.10 Å². The van der Waals surface area contributed by atoms with Crippen molar-refractivity contribution >= 4 is 5.69 Å². The van der Waals surface area contributed by atoms with Gasteiger partial charge in [0.05, 0.1) is 17.9 Å². The molecule has 1 aromatic carbocycles. The Balaban J connectivity index is 1.96. The van der Waals surface area contributed by atoms with Crippen molar-refractivity contribution in [3.8, 4) is 0 Å². The third-order valence-electron chi connectivity index (χ3n) is 2.72. The molecule has 1 aromatic heterocycles. The van der Waals surface area contributed by atoms with E-state index >= 15 is 0 Å². The van der Waals surface area contributed by atoms with Crippen LogP contribution in [-0.4, -0.2) is 28.6 Å². The predicted molar refractivity (Wildman–Crippen MR) is 67.6 cm³/mol. The van der Waals surface area contributed by atoms with Crippen LogP contribution >= 0.6 is 0 Å². The Hall–Kier alpha value is -1.95. The Kier molecular flexibility index (Phi) is 3.88. The minimum Gasteiger partial charge on any atom is -0.370 e. The van der Waals surface area contributed by atoms with Gasteiger partial charge in [0.2, 0.25) is 0 Å². The van der Waals surface area contributed by atoms with Gasteiger partial charge in [-0.25, -0.2) is 4.39 Å². The molecule has 2 N–H and O–H groups in total. The number of hydrogen-bond acceptors (Lipinski definition) is 4. The standard InChI is InChI=1S/C12H16FN5/c1-17(12-5-3-2-4-11(12)13)6-7-18-9-10(8-14)15-16-18/h2-5,9H,6-8,14H2,1H3. The highest BCUT2D eigenvalue weighted by atomic mass is 19.1. The van der Waals surface area contributed by atoms with Gasteiger partial charge in [0, 0.05) is 26.3 Å². The first kappa shape index (κ1) is 12.5. The van der Waals surface area contributed by atoms with Crippen LogP contribution in [0.1, 0.15) is 5.69 Å². The van der Waals surface area contributed by atoms with Crippen molar-refractivity contribution in [1.82, 2.24) is 15.0 Å². The number of rotatable bonds is 5. The number of aromatic nitrogens is 3. The molecule has 0 saturated heterocycles. The summed E-state index contributed by atoms with van der Waals surface area (Å²) < 4.78 is 15.2. The van der Waals surface area contributed by atoms with Crippen molar-refractivity contribution in [1.29, 1.82) is 0 Å². The van der Waals surface area contributed by atoms with Gasteiger partial charge < -0.3 is 10.6 Å². The van der Waals surface area contributed by atoms with E-state index in [-0.39, 0.29) is 5.82 Å². The lowest BCUT2D eigenvalue weighted by Gasteiger charge is -2.19. The van der Waals surface area contributed by atoms with Crippen molar-refractivity contribution in [3.63, 3.8) is 0 Å². The highest BCUT2D eigenvalue weighted by molar-refractivity contribution is 5.46. The van der Waals surface area contributed by atoms with Crippen molar-refractivity contribution in [3.05, 3.63) is 42.0 Å². The van der Waals surface area contributed by atoms with E-state index in [0.717, 1.165) is 5.69 Å². The van der Waals surface area contributed by atoms with Crippen LogP contribution in [0.4, 0.5) is 10.1 Å². The molecule has 0 radical (unpaired) electrons. The van der Waals surface area contributed by atoms with E-state index in [4.69, 9.17) is 5.73 Å². The molecule has 0 spiro atoms. The molecule has 0 fully saturated rings. The number of halogens is 1. The average Bonchev–Trinajstić information content (AvgIpc) is 2.84. The molecule has 0 aliphatic carbocycles. The first-order valence-corrected chi connectivity index (χ1v) is 5.75. The monoisotopic (exact) mass is 249 g/mol. The van der Waals surface area contributed by atoms with Crippen molar-refractivity contribution < 1.29 is 4.39 Å². The van der Waals surface area contributed by atoms with E-state index in [1.165, 1.54) is 6.07 Å². The Morgan fingerprint density at radius 1 is 1.39 bits per heavy atom. The van der Waals surface area contributed by atoms with Gasteiger partial charge in [0.1, 0.15) is 5.82 Å². The normalized spacial score (nSPS) is 10.6. The molecule has 2 aromatic rings. The maximum Gasteiger partial charge on any atom is 0.146 e. The zero-order chi connectivity index (χ0) is 13.0. The van der Waals surface area contributed by atoms with Crippen LogP contribution < -0.4 is 10.6 Å². The van der Waals surface area contributed by atoms with Gasteiger partial charge in [0.15, 0.2) is 0 Å². The average molecular weight is 249 g/mol. The summed E-state index contributed by atoms with van der Waals surface area (Å²) in [6.45, 7) is 1.66. The van der Waals surface area contributed by atoms with Gasteiger partial charge in [-0.1, -0.05) is 17.3 Å². The zero-order valence-electron chi connectivity index (χ0n) is 10.3. The number of likely N-dealkylation sites (N-methyl/N-ethyl adjacent to an activating group) is 1. The smallest absolute Gasteiger partial charge is 0.146 e. The first-order chi connectivity index (χ1) is 8.70. The highest BCUT2D eigenvalue weighted by Gasteiger charge is 2.06. The molecule has 0 unspecified atom stereocenters. The third-order valence-corrected chi connectivity index (χ3v) is 2.72. The number of hydrogen-bond donors (Lipinski definition) is 1. The summed E-state index contributed by atoms with van der Waals surface area (Å²) in [4.78, 5) is 1.85. The third kappa shape index (κ3) is 2.84. The summed E-state index contributed by atoms with van der Waals surface area (Å²) in [5.41, 5.74) is 6.79. The van der Waals surface area contributed by atoms with Crippen molar-refractivity contribution in [2.24, 2.45) is 5.73 Å². The van der Waals surface area contributed by atoms with Crippen molar-refractivity contribution in [2.75, 3.05) is 18.5 Å². The summed E-state index contributed by atoms with van der Waals surface area (Å²) in [6, 6.07) is 6.70. The molecule has 0 atom stereocenters. The second-order valence-corrected chi connectivity index (χ2v) is 4.05. The Morgan fingerprint density at radius 2 is 2.17 bits per heavy atom. The van der Waals surface area contributed by atoms with Crippen LogP contribution in [0.2, 0.25) is 0 Å². The summed E-state index contributed by atoms with van der Waals surface area (Å²) in [6.07, 6.45) is 1.80. The minimum absolute atomic E-state index is 0.221. The molecule has 1 heterocycles. The topological polar surface area (TPSA) is 60.0 Å². The van der Waals surface area contributed by atoms with E-state index in [9.17, 15) is 4.39 Å². The number of para-hydroxylation sites is 1. The molecule has 0 amide bonds. The van der Waals surface area contributed by atoms with Crippen LogP contribution in [0.25, 0.3) is 0 Å². The summed E-state index contributed by atoms with van der Waals surface area (Å²) in [5.74, 6) is -0.221. The van der Waals surface area contributed by atoms with E-state index in [2.05, 4.69) is 10.3 Å². The van der Waals surface area contributed by atoms with Crippen LogP contribution in [0.15, 0.2) is 30.5 Å². The van der Waals surface area contributed by atoms with E-state index < -0.39 is 0 Å². The molecule has 18 heavy (non-hydrogen) atoms. The summed E-state index contributed by atoms with van der Waals surface area (Å²) in [7, 11) is 1.85. The van der Waals surface area contributed by atoms with Gasteiger partial charge in [-0.3, -0.25) is 4.68 Å². The number of anilines is 1. The maximum atomic E-state index is 13.5. The molecule has 2 rings (SSSR count). The second-order valence-electron chi connectivity index (χ2n) is 4.05. The van der Waals surface area contributed by atoms with E-state index in [1.807, 2.05) is 18.0 Å². The van der Waals surface area contributed by atoms with Crippen LogP contribution in [0, 0.1) is 5.82 Å². The molecule has 6 heteroatoms. The molecule has 0 bridgehead atoms. The fourth-order valence-corrected chi connectivity index (χ4v) is 1.68. The molecule has 5 nitrogen and oxygen atoms in total. The molecule has 96 valence electrons. The van der Waals surface area contributed by atoms with Crippen molar-refractivity contribution in [2.45, 2.75) is 13.1 Å². The highest BCUT2D eigenvalue weighted by Crippen LogP contribution is 2.16. The Labute approximate surface area is 105 Å². The molecule has 0 aliphatic rings. The zero-order valence-corrected chi connectivity index (χ0v) is 10.3. The molecular formula is C12H16FN5. The van der Waals surface area contributed by atoms with Crippen LogP contribution in [-0.2, 0) is 13.1 Å². The summed E-state index contributed by atoms with van der Waals surface area (Å²) in [5, 5.41) is 7.84. The first-order valence-electron chi connectivity index (χ1n) is 5.75. The largest absolute Gasteiger partial charge is 0.370 e. The minimum atomic E-state index is -0.221. The summed E-state index contributed by atoms with van der Waals surface area (Å²) >= 11 is 0. The van der Waals surface area contributed by atoms with Crippen LogP contribution in [0.3, 0.4) is 0 Å². The SMILES string of the molecule is CN(CCn1cc(CN)nn1)c1ccccc1F. The molecule has 0 saturated carbocycles. The Bertz CT molecular complexity index is 511. The number of nitrogens with two attached hydrogens (primary N) is 1. The fraction of sp³-hybridized carbons (Fsp3) is 0.333. The fourth-order valence-electron chi connectivity index (χ4n) is 1.68. The molecule has 0 aliphatic heterocycles. The van der Waals surface area contributed by atoms with Crippen LogP contribution in [0.5, 0.6) is 0 Å². The molecular weight excluding hydrogens is 233 g/mol. The lowest BCUT2D eigenvalue weighted by Crippen LogP contribution is -2.23. The quantitative estimate of drug-likeness (QED) is 0.859. The number of benzene rings is 1. The van der Waals surface area contributed by atoms with Gasteiger partial charge in [0.25, 0.3) is 0 Å². The maximum absolute atomic E-state index is 13.5. The second kappa shape index (κ2) is 5.59. The van der Waals surface area contributed by atoms with Gasteiger partial charge in [-0.2, -0.15) is 0 Å².